The number of nitrogens with one attached hydrogen (secondary N) is 2. The molecule has 170 valence electrons. The summed E-state index contributed by atoms with van der Waals surface area (Å²) in [5.74, 6) is -0.537. The Labute approximate surface area is 202 Å². The third kappa shape index (κ3) is 5.64. The fourth-order valence-electron chi connectivity index (χ4n) is 3.87. The van der Waals surface area contributed by atoms with Gasteiger partial charge in [-0.15, -0.1) is 0 Å². The number of hydrogen-bond donors (Lipinski definition) is 2. The van der Waals surface area contributed by atoms with Crippen LogP contribution < -0.4 is 10.6 Å². The van der Waals surface area contributed by atoms with Crippen molar-refractivity contribution >= 4 is 23.6 Å². The fraction of sp³-hybridized carbons (Fsp3) is 0.148. The number of rotatable bonds is 7. The lowest BCUT2D eigenvalue weighted by Gasteiger charge is -2.29. The highest BCUT2D eigenvalue weighted by Gasteiger charge is 2.33. The first-order valence-electron chi connectivity index (χ1n) is 10.8. The summed E-state index contributed by atoms with van der Waals surface area (Å²) in [5, 5.41) is 15.4. The number of esters is 1. The van der Waals surface area contributed by atoms with Crippen molar-refractivity contribution in [2.45, 2.75) is 25.5 Å². The number of carbonyl (C=O) groups is 2. The molecule has 3 aromatic rings. The molecular formula is C27H22ClN3O3. The number of nitriles is 1. The number of allylic oxidation sites excluding steroid dienone is 1. The van der Waals surface area contributed by atoms with Gasteiger partial charge in [0.15, 0.2) is 0 Å². The Balaban J connectivity index is 1.63. The summed E-state index contributed by atoms with van der Waals surface area (Å²) in [7, 11) is 0. The van der Waals surface area contributed by atoms with Crippen LogP contribution in [0.2, 0.25) is 5.02 Å². The van der Waals surface area contributed by atoms with Crippen molar-refractivity contribution in [2.24, 2.45) is 0 Å². The number of benzene rings is 3. The van der Waals surface area contributed by atoms with Crippen molar-refractivity contribution in [3.63, 3.8) is 0 Å². The summed E-state index contributed by atoms with van der Waals surface area (Å²) in [6.07, 6.45) is 1.00. The van der Waals surface area contributed by atoms with Crippen LogP contribution in [0.15, 0.2) is 90.1 Å². The Morgan fingerprint density at radius 2 is 1.74 bits per heavy atom. The lowest BCUT2D eigenvalue weighted by molar-refractivity contribution is -0.140. The zero-order valence-electron chi connectivity index (χ0n) is 18.3. The van der Waals surface area contributed by atoms with Crippen molar-refractivity contribution in [1.29, 1.82) is 5.26 Å². The number of nitrogens with zero attached hydrogens (tertiary/aromatic N) is 1. The first-order chi connectivity index (χ1) is 16.5. The molecule has 0 aliphatic carbocycles. The molecule has 1 aliphatic rings. The predicted molar refractivity (Wildman–Crippen MR) is 129 cm³/mol. The van der Waals surface area contributed by atoms with Crippen molar-refractivity contribution < 1.29 is 14.3 Å². The molecule has 1 heterocycles. The second-order valence-corrected chi connectivity index (χ2v) is 8.29. The van der Waals surface area contributed by atoms with Crippen LogP contribution in [0.5, 0.6) is 0 Å². The normalized spacial score (nSPS) is 15.2. The summed E-state index contributed by atoms with van der Waals surface area (Å²) in [5.41, 5.74) is 3.82. The standard InChI is InChI=1S/C27H22ClN3O3/c28-22-11-5-6-18(15-22)12-13-23-24(25(31-27(33)30-23)21-9-2-1-3-10-21)26(32)34-17-20-8-4-7-19(14-20)16-29/h1-11,14-15,25H,12-13,17H2,(H2,30,31,33). The van der Waals surface area contributed by atoms with Crippen molar-refractivity contribution in [2.75, 3.05) is 0 Å². The molecule has 4 rings (SSSR count). The second-order valence-electron chi connectivity index (χ2n) is 7.85. The Morgan fingerprint density at radius 3 is 2.50 bits per heavy atom. The molecule has 0 spiro atoms. The van der Waals surface area contributed by atoms with E-state index in [1.54, 1.807) is 30.3 Å². The molecule has 0 fully saturated rings. The maximum absolute atomic E-state index is 13.3. The monoisotopic (exact) mass is 471 g/mol. The zero-order valence-corrected chi connectivity index (χ0v) is 19.0. The van der Waals surface area contributed by atoms with Gasteiger partial charge in [-0.05, 0) is 53.8 Å². The Hall–Kier alpha value is -4.08. The zero-order chi connectivity index (χ0) is 23.9. The molecule has 0 bridgehead atoms. The van der Waals surface area contributed by atoms with Gasteiger partial charge in [0.05, 0.1) is 23.2 Å². The number of urea groups is 1. The molecule has 34 heavy (non-hydrogen) atoms. The van der Waals surface area contributed by atoms with Gasteiger partial charge in [-0.3, -0.25) is 0 Å². The Kier molecular flexibility index (Phi) is 7.26. The molecule has 0 aromatic heterocycles. The third-order valence-corrected chi connectivity index (χ3v) is 5.72. The Morgan fingerprint density at radius 1 is 0.971 bits per heavy atom. The van der Waals surface area contributed by atoms with Gasteiger partial charge in [-0.2, -0.15) is 5.26 Å². The number of aryl methyl sites for hydroxylation is 1. The molecule has 1 aliphatic heterocycles. The minimum absolute atomic E-state index is 0.00881. The minimum Gasteiger partial charge on any atom is -0.457 e. The van der Waals surface area contributed by atoms with E-state index in [1.165, 1.54) is 0 Å². The van der Waals surface area contributed by atoms with E-state index < -0.39 is 12.0 Å². The van der Waals surface area contributed by atoms with Crippen molar-refractivity contribution in [3.05, 3.63) is 117 Å². The number of hydrogen-bond acceptors (Lipinski definition) is 4. The maximum atomic E-state index is 13.3. The molecule has 7 heteroatoms. The molecule has 1 atom stereocenters. The van der Waals surface area contributed by atoms with E-state index in [2.05, 4.69) is 16.7 Å². The third-order valence-electron chi connectivity index (χ3n) is 5.49. The average Bonchev–Trinajstić information content (AvgIpc) is 2.86. The number of ether oxygens (including phenoxy) is 1. The first kappa shape index (κ1) is 23.1. The fourth-order valence-corrected chi connectivity index (χ4v) is 4.08. The molecule has 0 saturated heterocycles. The van der Waals surface area contributed by atoms with E-state index in [0.717, 1.165) is 11.1 Å². The predicted octanol–water partition coefficient (Wildman–Crippen LogP) is 5.20. The number of halogens is 1. The van der Waals surface area contributed by atoms with Gasteiger partial charge in [0, 0.05) is 10.7 Å². The van der Waals surface area contributed by atoms with Crippen LogP contribution in [0.4, 0.5) is 4.79 Å². The topological polar surface area (TPSA) is 91.2 Å². The number of carbonyl (C=O) groups excluding carboxylic acids is 2. The maximum Gasteiger partial charge on any atom is 0.338 e. The van der Waals surface area contributed by atoms with Gasteiger partial charge in [0.25, 0.3) is 0 Å². The van der Waals surface area contributed by atoms with E-state index in [0.29, 0.717) is 40.3 Å². The first-order valence-corrected chi connectivity index (χ1v) is 11.2. The number of amides is 2. The van der Waals surface area contributed by atoms with Crippen molar-refractivity contribution in [3.8, 4) is 6.07 Å². The molecule has 3 aromatic carbocycles. The second kappa shape index (κ2) is 10.7. The van der Waals surface area contributed by atoms with Gasteiger partial charge in [0.1, 0.15) is 6.61 Å². The lowest BCUT2D eigenvalue weighted by Crippen LogP contribution is -2.46. The summed E-state index contributed by atoms with van der Waals surface area (Å²) in [6.45, 7) is 0.00881. The van der Waals surface area contributed by atoms with E-state index >= 15 is 0 Å². The van der Waals surface area contributed by atoms with Crippen LogP contribution in [0.1, 0.15) is 34.7 Å². The van der Waals surface area contributed by atoms with Crippen LogP contribution in [0.25, 0.3) is 0 Å². The Bertz CT molecular complexity index is 1280. The van der Waals surface area contributed by atoms with Crippen molar-refractivity contribution in [1.82, 2.24) is 10.6 Å². The molecule has 1 unspecified atom stereocenters. The minimum atomic E-state index is -0.651. The van der Waals surface area contributed by atoms with Gasteiger partial charge in [-0.25, -0.2) is 9.59 Å². The summed E-state index contributed by atoms with van der Waals surface area (Å²) in [6, 6.07) is 24.7. The molecule has 2 amide bonds. The van der Waals surface area contributed by atoms with Crippen LogP contribution in [0.3, 0.4) is 0 Å². The summed E-state index contributed by atoms with van der Waals surface area (Å²) in [4.78, 5) is 25.8. The average molecular weight is 472 g/mol. The summed E-state index contributed by atoms with van der Waals surface area (Å²) >= 11 is 6.11. The molecule has 6 nitrogen and oxygen atoms in total. The van der Waals surface area contributed by atoms with Crippen LogP contribution in [0, 0.1) is 11.3 Å². The van der Waals surface area contributed by atoms with E-state index in [-0.39, 0.29) is 12.6 Å². The van der Waals surface area contributed by atoms with Gasteiger partial charge in [0.2, 0.25) is 0 Å². The summed E-state index contributed by atoms with van der Waals surface area (Å²) < 4.78 is 5.64. The SMILES string of the molecule is N#Cc1cccc(COC(=O)C2=C(CCc3cccc(Cl)c3)NC(=O)NC2c2ccccc2)c1. The van der Waals surface area contributed by atoms with Crippen LogP contribution >= 0.6 is 11.6 Å². The van der Waals surface area contributed by atoms with E-state index in [9.17, 15) is 9.59 Å². The van der Waals surface area contributed by atoms with Gasteiger partial charge < -0.3 is 15.4 Å². The molecule has 2 N–H and O–H groups in total. The largest absolute Gasteiger partial charge is 0.457 e. The molecular weight excluding hydrogens is 450 g/mol. The van der Waals surface area contributed by atoms with Crippen LogP contribution in [-0.4, -0.2) is 12.0 Å². The lowest BCUT2D eigenvalue weighted by atomic mass is 9.93. The molecule has 0 radical (unpaired) electrons. The van der Waals surface area contributed by atoms with Gasteiger partial charge >= 0.3 is 12.0 Å². The highest BCUT2D eigenvalue weighted by Crippen LogP contribution is 2.30. The highest BCUT2D eigenvalue weighted by atomic mass is 35.5. The highest BCUT2D eigenvalue weighted by molar-refractivity contribution is 6.30. The van der Waals surface area contributed by atoms with Crippen LogP contribution in [-0.2, 0) is 22.6 Å². The van der Waals surface area contributed by atoms with Gasteiger partial charge in [-0.1, -0.05) is 66.2 Å². The van der Waals surface area contributed by atoms with E-state index in [4.69, 9.17) is 21.6 Å². The molecule has 0 saturated carbocycles. The quantitative estimate of drug-likeness (QED) is 0.463. The van der Waals surface area contributed by atoms with E-state index in [1.807, 2.05) is 48.5 Å². The smallest absolute Gasteiger partial charge is 0.338 e.